The van der Waals surface area contributed by atoms with Gasteiger partial charge in [0.15, 0.2) is 0 Å². The van der Waals surface area contributed by atoms with E-state index < -0.39 is 0 Å². The highest BCUT2D eigenvalue weighted by Gasteiger charge is 2.27. The van der Waals surface area contributed by atoms with E-state index in [1.165, 1.54) is 70.6 Å². The second-order valence-corrected chi connectivity index (χ2v) is 10.1. The quantitative estimate of drug-likeness (QED) is 0.105. The van der Waals surface area contributed by atoms with Crippen LogP contribution in [0, 0.1) is 0 Å². The maximum Gasteiger partial charge on any atom is 0.0799 e. The van der Waals surface area contributed by atoms with Crippen molar-refractivity contribution in [3.63, 3.8) is 0 Å². The van der Waals surface area contributed by atoms with Crippen molar-refractivity contribution in [3.8, 4) is 0 Å². The summed E-state index contributed by atoms with van der Waals surface area (Å²) in [4.78, 5) is 0. The molecule has 0 fully saturated rings. The molecule has 0 radical (unpaired) electrons. The zero-order valence-corrected chi connectivity index (χ0v) is 23.4. The third-order valence-electron chi connectivity index (χ3n) is 6.32. The Balaban J connectivity index is 3.52. The summed E-state index contributed by atoms with van der Waals surface area (Å²) in [6.45, 7) is 10.8. The lowest BCUT2D eigenvalue weighted by atomic mass is 10.00. The zero-order chi connectivity index (χ0) is 25.2. The summed E-state index contributed by atoms with van der Waals surface area (Å²) in [7, 11) is 0. The van der Waals surface area contributed by atoms with E-state index in [-0.39, 0.29) is 11.6 Å². The summed E-state index contributed by atoms with van der Waals surface area (Å²) < 4.78 is 11.9. The van der Waals surface area contributed by atoms with Gasteiger partial charge in [0.05, 0.1) is 18.2 Å². The molecule has 3 heteroatoms. The second kappa shape index (κ2) is 25.2. The lowest BCUT2D eigenvalue weighted by Crippen LogP contribution is -2.48. The average molecular weight is 478 g/mol. The molecule has 1 atom stereocenters. The normalized spacial score (nSPS) is 13.7. The van der Waals surface area contributed by atoms with E-state index in [4.69, 9.17) is 15.2 Å². The van der Waals surface area contributed by atoms with Gasteiger partial charge >= 0.3 is 0 Å². The fourth-order valence-electron chi connectivity index (χ4n) is 3.69. The van der Waals surface area contributed by atoms with Gasteiger partial charge in [0.1, 0.15) is 0 Å². The van der Waals surface area contributed by atoms with E-state index in [0.717, 1.165) is 45.3 Å². The van der Waals surface area contributed by atoms with E-state index in [2.05, 4.69) is 64.2 Å². The van der Waals surface area contributed by atoms with Crippen molar-refractivity contribution in [3.05, 3.63) is 36.5 Å². The molecule has 2 N–H and O–H groups in total. The van der Waals surface area contributed by atoms with Crippen LogP contribution in [0.1, 0.15) is 130 Å². The first-order chi connectivity index (χ1) is 16.5. The number of hydrogen-bond acceptors (Lipinski definition) is 3. The Hall–Kier alpha value is -0.900. The molecular weight excluding hydrogens is 418 g/mol. The van der Waals surface area contributed by atoms with Gasteiger partial charge in [-0.25, -0.2) is 0 Å². The molecule has 0 spiro atoms. The van der Waals surface area contributed by atoms with Crippen LogP contribution in [0.5, 0.6) is 0 Å². The summed E-state index contributed by atoms with van der Waals surface area (Å²) in [6.07, 6.45) is 33.5. The Bertz CT molecular complexity index is 496. The number of nitrogens with two attached hydrogens (primary N) is 1. The molecule has 0 saturated carbocycles. The Kier molecular flexibility index (Phi) is 24.5. The van der Waals surface area contributed by atoms with Crippen LogP contribution in [0.4, 0.5) is 0 Å². The second-order valence-electron chi connectivity index (χ2n) is 10.1. The van der Waals surface area contributed by atoms with E-state index in [0.29, 0.717) is 6.61 Å². The number of unbranched alkanes of at least 4 members (excludes halogenated alkanes) is 11. The van der Waals surface area contributed by atoms with Crippen molar-refractivity contribution in [2.45, 2.75) is 142 Å². The standard InChI is InChI=1S/C31H59NO2/c1-5-7-9-11-13-14-15-16-17-18-19-20-21-22-24-26-28-34-31(3,4)30(32)29-33-27-25-23-12-10-8-6-2/h8,10,13-14,16-17,30H,5-7,9,11-12,15,18-29,32H2,1-4H3/b10-8-,14-13-,17-16-. The molecule has 0 aromatic rings. The molecule has 0 amide bonds. The molecule has 3 nitrogen and oxygen atoms in total. The molecule has 0 rings (SSSR count). The smallest absolute Gasteiger partial charge is 0.0799 e. The Labute approximate surface area is 213 Å². The van der Waals surface area contributed by atoms with Crippen LogP contribution in [0.3, 0.4) is 0 Å². The molecule has 0 aliphatic heterocycles. The van der Waals surface area contributed by atoms with Crippen molar-refractivity contribution in [2.75, 3.05) is 19.8 Å². The highest BCUT2D eigenvalue weighted by Crippen LogP contribution is 2.16. The topological polar surface area (TPSA) is 44.5 Å². The first-order valence-electron chi connectivity index (χ1n) is 14.5. The van der Waals surface area contributed by atoms with E-state index in [1.807, 2.05) is 0 Å². The molecule has 34 heavy (non-hydrogen) atoms. The predicted molar refractivity (Wildman–Crippen MR) is 151 cm³/mol. The Morgan fingerprint density at radius 2 is 1.18 bits per heavy atom. The summed E-state index contributed by atoms with van der Waals surface area (Å²) >= 11 is 0. The monoisotopic (exact) mass is 477 g/mol. The maximum atomic E-state index is 6.33. The summed E-state index contributed by atoms with van der Waals surface area (Å²) in [5.41, 5.74) is 6.00. The fraction of sp³-hybridized carbons (Fsp3) is 0.806. The zero-order valence-electron chi connectivity index (χ0n) is 23.4. The number of hydrogen-bond donors (Lipinski definition) is 1. The van der Waals surface area contributed by atoms with Crippen LogP contribution in [0.25, 0.3) is 0 Å². The molecule has 0 aromatic heterocycles. The van der Waals surface area contributed by atoms with Crippen molar-refractivity contribution in [2.24, 2.45) is 5.73 Å². The highest BCUT2D eigenvalue weighted by molar-refractivity contribution is 4.92. The van der Waals surface area contributed by atoms with Gasteiger partial charge in [0.25, 0.3) is 0 Å². The SMILES string of the molecule is CC/C=C\CCCCOCC(N)C(C)(C)OCCCCCCCC/C=C\C/C=C\CCCCC. The summed E-state index contributed by atoms with van der Waals surface area (Å²) in [5.74, 6) is 0. The maximum absolute atomic E-state index is 6.33. The van der Waals surface area contributed by atoms with Gasteiger partial charge in [-0.2, -0.15) is 0 Å². The van der Waals surface area contributed by atoms with Gasteiger partial charge in [0.2, 0.25) is 0 Å². The minimum absolute atomic E-state index is 0.0860. The minimum Gasteiger partial charge on any atom is -0.380 e. The van der Waals surface area contributed by atoms with E-state index in [1.54, 1.807) is 0 Å². The van der Waals surface area contributed by atoms with Crippen molar-refractivity contribution in [1.29, 1.82) is 0 Å². The number of allylic oxidation sites excluding steroid dienone is 6. The van der Waals surface area contributed by atoms with Gasteiger partial charge in [-0.15, -0.1) is 0 Å². The van der Waals surface area contributed by atoms with Crippen LogP contribution in [0.15, 0.2) is 36.5 Å². The molecule has 0 bridgehead atoms. The van der Waals surface area contributed by atoms with Crippen LogP contribution in [0.2, 0.25) is 0 Å². The number of rotatable bonds is 25. The number of ether oxygens (including phenoxy) is 2. The highest BCUT2D eigenvalue weighted by atomic mass is 16.5. The largest absolute Gasteiger partial charge is 0.380 e. The van der Waals surface area contributed by atoms with Crippen LogP contribution < -0.4 is 5.73 Å². The van der Waals surface area contributed by atoms with Crippen LogP contribution in [-0.4, -0.2) is 31.5 Å². The van der Waals surface area contributed by atoms with Crippen LogP contribution in [-0.2, 0) is 9.47 Å². The molecule has 0 aliphatic carbocycles. The molecule has 0 heterocycles. The molecule has 1 unspecified atom stereocenters. The molecule has 0 aliphatic rings. The third-order valence-corrected chi connectivity index (χ3v) is 6.32. The van der Waals surface area contributed by atoms with Gasteiger partial charge in [-0.05, 0) is 78.1 Å². The molecule has 0 aromatic carbocycles. The lowest BCUT2D eigenvalue weighted by Gasteiger charge is -2.31. The van der Waals surface area contributed by atoms with E-state index >= 15 is 0 Å². The third kappa shape index (κ3) is 22.9. The van der Waals surface area contributed by atoms with Crippen molar-refractivity contribution in [1.82, 2.24) is 0 Å². The first-order valence-corrected chi connectivity index (χ1v) is 14.5. The predicted octanol–water partition coefficient (Wildman–Crippen LogP) is 9.08. The van der Waals surface area contributed by atoms with E-state index in [9.17, 15) is 0 Å². The van der Waals surface area contributed by atoms with Gasteiger partial charge in [-0.1, -0.05) is 88.8 Å². The Morgan fingerprint density at radius 1 is 0.647 bits per heavy atom. The van der Waals surface area contributed by atoms with Gasteiger partial charge in [-0.3, -0.25) is 0 Å². The molecular formula is C31H59NO2. The van der Waals surface area contributed by atoms with Crippen molar-refractivity contribution < 1.29 is 9.47 Å². The lowest BCUT2D eigenvalue weighted by molar-refractivity contribution is -0.0566. The van der Waals surface area contributed by atoms with Gasteiger partial charge in [0, 0.05) is 13.2 Å². The fourth-order valence-corrected chi connectivity index (χ4v) is 3.69. The Morgan fingerprint density at radius 3 is 1.82 bits per heavy atom. The first kappa shape index (κ1) is 33.1. The minimum atomic E-state index is -0.332. The molecule has 0 saturated heterocycles. The van der Waals surface area contributed by atoms with Crippen molar-refractivity contribution >= 4 is 0 Å². The average Bonchev–Trinajstić information content (AvgIpc) is 2.82. The molecule has 200 valence electrons. The summed E-state index contributed by atoms with van der Waals surface area (Å²) in [5, 5.41) is 0. The summed E-state index contributed by atoms with van der Waals surface area (Å²) in [6, 6.07) is -0.0860. The van der Waals surface area contributed by atoms with Crippen LogP contribution >= 0.6 is 0 Å². The van der Waals surface area contributed by atoms with Gasteiger partial charge < -0.3 is 15.2 Å².